The third-order valence-electron chi connectivity index (χ3n) is 7.37. The Morgan fingerprint density at radius 3 is 2.59 bits per heavy atom. The van der Waals surface area contributed by atoms with Crippen molar-refractivity contribution in [3.05, 3.63) is 11.6 Å². The molecule has 2 heteroatoms. The summed E-state index contributed by atoms with van der Waals surface area (Å²) in [5.74, 6) is 2.40. The van der Waals surface area contributed by atoms with Crippen LogP contribution in [0.15, 0.2) is 11.6 Å². The second kappa shape index (κ2) is 5.63. The monoisotopic (exact) mass is 306 g/mol. The number of fused-ring (bicyclic) bond motifs is 2. The quantitative estimate of drug-likeness (QED) is 0.762. The highest BCUT2D eigenvalue weighted by Crippen LogP contribution is 2.58. The number of hydrogen-bond donors (Lipinski definition) is 1. The van der Waals surface area contributed by atoms with Gasteiger partial charge in [-0.15, -0.1) is 0 Å². The van der Waals surface area contributed by atoms with Crippen LogP contribution in [0.1, 0.15) is 73.1 Å². The molecule has 2 fully saturated rings. The zero-order chi connectivity index (χ0) is 16.1. The zero-order valence-corrected chi connectivity index (χ0v) is 15.1. The van der Waals surface area contributed by atoms with Gasteiger partial charge < -0.3 is 9.84 Å². The Morgan fingerprint density at radius 2 is 2.00 bits per heavy atom. The summed E-state index contributed by atoms with van der Waals surface area (Å²) in [5, 5.41) is 10.3. The van der Waals surface area contributed by atoms with Gasteiger partial charge >= 0.3 is 0 Å². The lowest BCUT2D eigenvalue weighted by Gasteiger charge is -2.36. The Bertz CT molecular complexity index is 457. The van der Waals surface area contributed by atoms with Crippen LogP contribution in [0, 0.1) is 23.7 Å². The lowest BCUT2D eigenvalue weighted by molar-refractivity contribution is -0.0434. The highest BCUT2D eigenvalue weighted by atomic mass is 16.5. The summed E-state index contributed by atoms with van der Waals surface area (Å²) in [6, 6.07) is 0. The maximum atomic E-state index is 10.3. The van der Waals surface area contributed by atoms with E-state index in [1.165, 1.54) is 31.3 Å². The van der Waals surface area contributed by atoms with Crippen molar-refractivity contribution in [2.24, 2.45) is 23.7 Å². The minimum Gasteiger partial charge on any atom is -0.389 e. The third-order valence-corrected chi connectivity index (χ3v) is 7.37. The maximum absolute atomic E-state index is 10.3. The molecule has 0 amide bonds. The van der Waals surface area contributed by atoms with Gasteiger partial charge in [0.15, 0.2) is 0 Å². The number of hydrogen-bond acceptors (Lipinski definition) is 2. The Kier molecular flexibility index (Phi) is 4.23. The van der Waals surface area contributed by atoms with Gasteiger partial charge in [-0.05, 0) is 83.0 Å². The van der Waals surface area contributed by atoms with Crippen LogP contribution in [-0.2, 0) is 4.74 Å². The fourth-order valence-corrected chi connectivity index (χ4v) is 5.56. The van der Waals surface area contributed by atoms with Crippen molar-refractivity contribution in [1.29, 1.82) is 0 Å². The van der Waals surface area contributed by atoms with Gasteiger partial charge in [0.25, 0.3) is 0 Å². The van der Waals surface area contributed by atoms with Crippen LogP contribution in [0.5, 0.6) is 0 Å². The van der Waals surface area contributed by atoms with Gasteiger partial charge in [-0.25, -0.2) is 0 Å². The van der Waals surface area contributed by atoms with Crippen molar-refractivity contribution >= 4 is 0 Å². The summed E-state index contributed by atoms with van der Waals surface area (Å²) in [4.78, 5) is 0. The van der Waals surface area contributed by atoms with Crippen LogP contribution in [0.4, 0.5) is 0 Å². The average Bonchev–Trinajstić information content (AvgIpc) is 2.84. The summed E-state index contributed by atoms with van der Waals surface area (Å²) < 4.78 is 6.43. The molecule has 0 unspecified atom stereocenters. The summed E-state index contributed by atoms with van der Waals surface area (Å²) in [6.07, 6.45) is 9.07. The second-order valence-corrected chi connectivity index (χ2v) is 8.88. The van der Waals surface area contributed by atoms with Crippen molar-refractivity contribution in [3.63, 3.8) is 0 Å². The number of allylic oxidation sites excluding steroid dienone is 1. The minimum atomic E-state index is -0.231. The van der Waals surface area contributed by atoms with Gasteiger partial charge in [0.1, 0.15) is 0 Å². The SMILES string of the molecule is CC1=C[C@@H](O)[C@@H]([C@H](C)CC[C@@H]2[C@@H](C)[C@]3(C)CC[C@@]2(C)O3)CC1. The normalized spacial score (nSPS) is 49.3. The molecule has 0 aromatic heterocycles. The van der Waals surface area contributed by atoms with E-state index in [1.54, 1.807) is 0 Å². The van der Waals surface area contributed by atoms with E-state index in [1.807, 2.05) is 0 Å². The molecule has 2 saturated heterocycles. The third kappa shape index (κ3) is 2.67. The fourth-order valence-electron chi connectivity index (χ4n) is 5.56. The Morgan fingerprint density at radius 1 is 1.32 bits per heavy atom. The van der Waals surface area contributed by atoms with Gasteiger partial charge in [0, 0.05) is 0 Å². The van der Waals surface area contributed by atoms with Crippen LogP contribution in [0.25, 0.3) is 0 Å². The van der Waals surface area contributed by atoms with Crippen molar-refractivity contribution in [1.82, 2.24) is 0 Å². The van der Waals surface area contributed by atoms with Crippen LogP contribution in [0.2, 0.25) is 0 Å². The molecule has 2 heterocycles. The Balaban J connectivity index is 1.59. The van der Waals surface area contributed by atoms with E-state index >= 15 is 0 Å². The summed E-state index contributed by atoms with van der Waals surface area (Å²) in [7, 11) is 0. The molecule has 2 aliphatic heterocycles. The molecule has 126 valence electrons. The highest BCUT2D eigenvalue weighted by Gasteiger charge is 2.60. The van der Waals surface area contributed by atoms with Crippen molar-refractivity contribution in [3.8, 4) is 0 Å². The molecule has 0 aromatic carbocycles. The molecule has 3 rings (SSSR count). The highest BCUT2D eigenvalue weighted by molar-refractivity contribution is 5.10. The predicted molar refractivity (Wildman–Crippen MR) is 90.7 cm³/mol. The molecule has 1 aliphatic carbocycles. The summed E-state index contributed by atoms with van der Waals surface area (Å²) in [6.45, 7) is 11.5. The largest absolute Gasteiger partial charge is 0.389 e. The van der Waals surface area contributed by atoms with Crippen molar-refractivity contribution in [2.45, 2.75) is 90.4 Å². The van der Waals surface area contributed by atoms with Crippen molar-refractivity contribution in [2.75, 3.05) is 0 Å². The van der Waals surface area contributed by atoms with E-state index in [-0.39, 0.29) is 17.3 Å². The van der Waals surface area contributed by atoms with E-state index in [4.69, 9.17) is 4.74 Å². The van der Waals surface area contributed by atoms with Crippen molar-refractivity contribution < 1.29 is 9.84 Å². The Hall–Kier alpha value is -0.340. The second-order valence-electron chi connectivity index (χ2n) is 8.88. The molecular formula is C20H34O2. The fraction of sp³-hybridized carbons (Fsp3) is 0.900. The molecule has 0 radical (unpaired) electrons. The molecule has 2 nitrogen and oxygen atoms in total. The molecule has 0 aromatic rings. The lowest BCUT2D eigenvalue weighted by atomic mass is 9.66. The molecule has 7 atom stereocenters. The molecule has 22 heavy (non-hydrogen) atoms. The van der Waals surface area contributed by atoms with Crippen LogP contribution in [-0.4, -0.2) is 22.4 Å². The minimum absolute atomic E-state index is 0.107. The van der Waals surface area contributed by atoms with E-state index < -0.39 is 0 Å². The molecule has 1 N–H and O–H groups in total. The van der Waals surface area contributed by atoms with Gasteiger partial charge in [-0.1, -0.05) is 25.5 Å². The van der Waals surface area contributed by atoms with E-state index in [0.29, 0.717) is 23.7 Å². The number of aliphatic hydroxyl groups is 1. The maximum Gasteiger partial charge on any atom is 0.0754 e. The topological polar surface area (TPSA) is 29.5 Å². The predicted octanol–water partition coefficient (Wildman–Crippen LogP) is 4.71. The summed E-state index contributed by atoms with van der Waals surface area (Å²) in [5.41, 5.74) is 1.58. The molecule has 0 spiro atoms. The van der Waals surface area contributed by atoms with Gasteiger partial charge in [-0.3, -0.25) is 0 Å². The van der Waals surface area contributed by atoms with E-state index in [9.17, 15) is 5.11 Å². The first-order chi connectivity index (χ1) is 10.3. The van der Waals surface area contributed by atoms with Crippen LogP contribution < -0.4 is 0 Å². The van der Waals surface area contributed by atoms with Gasteiger partial charge in [0.05, 0.1) is 17.3 Å². The summed E-state index contributed by atoms with van der Waals surface area (Å²) >= 11 is 0. The standard InChI is InChI=1S/C20H34O2/c1-13-6-8-16(18(21)12-13)14(2)7-9-17-15(3)19(4)10-11-20(17,5)22-19/h12,14-18,21H,6-11H2,1-5H3/t14-,15-,16-,17-,18-,19+,20-/m1/s1. The smallest absolute Gasteiger partial charge is 0.0754 e. The average molecular weight is 306 g/mol. The van der Waals surface area contributed by atoms with Crippen LogP contribution >= 0.6 is 0 Å². The number of ether oxygens (including phenoxy) is 1. The number of rotatable bonds is 4. The van der Waals surface area contributed by atoms with Crippen LogP contribution in [0.3, 0.4) is 0 Å². The van der Waals surface area contributed by atoms with Gasteiger partial charge in [-0.2, -0.15) is 0 Å². The Labute approximate surface area is 136 Å². The molecular weight excluding hydrogens is 272 g/mol. The number of aliphatic hydroxyl groups excluding tert-OH is 1. The molecule has 0 saturated carbocycles. The van der Waals surface area contributed by atoms with E-state index in [0.717, 1.165) is 12.8 Å². The molecule has 2 bridgehead atoms. The first-order valence-corrected chi connectivity index (χ1v) is 9.31. The van der Waals surface area contributed by atoms with Gasteiger partial charge in [0.2, 0.25) is 0 Å². The van der Waals surface area contributed by atoms with E-state index in [2.05, 4.69) is 40.7 Å². The first-order valence-electron chi connectivity index (χ1n) is 9.31. The zero-order valence-electron chi connectivity index (χ0n) is 15.1. The first kappa shape index (κ1) is 16.5. The molecule has 3 aliphatic rings. The lowest BCUT2D eigenvalue weighted by Crippen LogP contribution is -2.37.